The Bertz CT molecular complexity index is 630. The molecule has 0 aliphatic carbocycles. The molecule has 1 heterocycles. The maximum absolute atomic E-state index is 12.4. The van der Waals surface area contributed by atoms with E-state index in [1.165, 1.54) is 11.3 Å². The van der Waals surface area contributed by atoms with Gasteiger partial charge in [0.05, 0.1) is 23.8 Å². The minimum absolute atomic E-state index is 0.188. The number of rotatable bonds is 4. The van der Waals surface area contributed by atoms with Crippen molar-refractivity contribution >= 4 is 17.2 Å². The largest absolute Gasteiger partial charge is 0.339 e. The number of likely N-dealkylation sites (N-methyl/N-ethyl adjacent to an activating group) is 1. The molecule has 1 amide bonds. The van der Waals surface area contributed by atoms with Crippen LogP contribution in [0, 0.1) is 18.3 Å². The molecule has 0 fully saturated rings. The molecule has 102 valence electrons. The predicted octanol–water partition coefficient (Wildman–Crippen LogP) is 2.72. The molecule has 2 rings (SSSR count). The van der Waals surface area contributed by atoms with Crippen molar-refractivity contribution in [2.24, 2.45) is 0 Å². The van der Waals surface area contributed by atoms with Crippen molar-refractivity contribution in [3.05, 3.63) is 52.0 Å². The Labute approximate surface area is 122 Å². The molecule has 4 nitrogen and oxygen atoms in total. The van der Waals surface area contributed by atoms with Crippen LogP contribution in [0.2, 0.25) is 0 Å². The van der Waals surface area contributed by atoms with Gasteiger partial charge in [-0.05, 0) is 12.5 Å². The topological polar surface area (TPSA) is 57.0 Å². The molecule has 0 aliphatic heterocycles. The van der Waals surface area contributed by atoms with Gasteiger partial charge in [0.2, 0.25) is 5.91 Å². The van der Waals surface area contributed by atoms with Crippen LogP contribution in [-0.2, 0) is 11.3 Å². The highest BCUT2D eigenvalue weighted by Gasteiger charge is 2.24. The van der Waals surface area contributed by atoms with E-state index in [4.69, 9.17) is 0 Å². The summed E-state index contributed by atoms with van der Waals surface area (Å²) < 4.78 is 0. The fourth-order valence-electron chi connectivity index (χ4n) is 1.91. The van der Waals surface area contributed by atoms with Crippen molar-refractivity contribution < 1.29 is 4.79 Å². The van der Waals surface area contributed by atoms with Crippen LogP contribution in [0.25, 0.3) is 0 Å². The second-order valence-corrected chi connectivity index (χ2v) is 5.47. The first-order valence-corrected chi connectivity index (χ1v) is 7.10. The van der Waals surface area contributed by atoms with Crippen molar-refractivity contribution in [1.82, 2.24) is 9.88 Å². The summed E-state index contributed by atoms with van der Waals surface area (Å²) >= 11 is 1.52. The van der Waals surface area contributed by atoms with Crippen LogP contribution in [0.5, 0.6) is 0 Å². The van der Waals surface area contributed by atoms with E-state index >= 15 is 0 Å². The summed E-state index contributed by atoms with van der Waals surface area (Å²) in [5.41, 5.74) is 3.43. The first-order valence-electron chi connectivity index (χ1n) is 6.22. The number of hydrogen-bond donors (Lipinski definition) is 0. The molecule has 2 aromatic rings. The molecule has 0 aliphatic rings. The Hall–Kier alpha value is -2.19. The number of hydrogen-bond acceptors (Lipinski definition) is 4. The first-order chi connectivity index (χ1) is 9.63. The van der Waals surface area contributed by atoms with Crippen LogP contribution in [0.4, 0.5) is 0 Å². The maximum Gasteiger partial charge on any atom is 0.244 e. The van der Waals surface area contributed by atoms with E-state index in [1.54, 1.807) is 29.6 Å². The average Bonchev–Trinajstić information content (AvgIpc) is 2.86. The second-order valence-electron chi connectivity index (χ2n) is 4.53. The van der Waals surface area contributed by atoms with Gasteiger partial charge in [0.25, 0.3) is 0 Å². The molecule has 0 bridgehead atoms. The summed E-state index contributed by atoms with van der Waals surface area (Å²) in [6.45, 7) is 2.41. The third-order valence-corrected chi connectivity index (χ3v) is 4.03. The first kappa shape index (κ1) is 14.2. The fourth-order valence-corrected chi connectivity index (χ4v) is 2.74. The zero-order valence-corrected chi connectivity index (χ0v) is 12.2. The number of amides is 1. The molecular formula is C15H15N3OS. The van der Waals surface area contributed by atoms with Crippen LogP contribution in [0.3, 0.4) is 0 Å². The number of benzene rings is 1. The Kier molecular flexibility index (Phi) is 4.49. The molecule has 0 saturated carbocycles. The lowest BCUT2D eigenvalue weighted by atomic mass is 9.99. The molecule has 0 saturated heterocycles. The summed E-state index contributed by atoms with van der Waals surface area (Å²) in [5.74, 6) is -0.944. The zero-order chi connectivity index (χ0) is 14.5. The van der Waals surface area contributed by atoms with Gasteiger partial charge in [-0.2, -0.15) is 5.26 Å². The Balaban J connectivity index is 2.13. The summed E-state index contributed by atoms with van der Waals surface area (Å²) in [6.07, 6.45) is 0. The number of carbonyl (C=O) groups excluding carboxylic acids is 1. The van der Waals surface area contributed by atoms with E-state index < -0.39 is 5.92 Å². The third-order valence-electron chi connectivity index (χ3n) is 3.11. The van der Waals surface area contributed by atoms with E-state index in [9.17, 15) is 10.1 Å². The highest BCUT2D eigenvalue weighted by Crippen LogP contribution is 2.20. The van der Waals surface area contributed by atoms with Crippen molar-refractivity contribution in [3.63, 3.8) is 0 Å². The summed E-state index contributed by atoms with van der Waals surface area (Å²) in [7, 11) is 1.72. The number of aromatic nitrogens is 1. The van der Waals surface area contributed by atoms with Crippen LogP contribution in [-0.4, -0.2) is 22.8 Å². The molecule has 1 atom stereocenters. The van der Waals surface area contributed by atoms with E-state index in [1.807, 2.05) is 25.1 Å². The summed E-state index contributed by atoms with van der Waals surface area (Å²) in [6, 6.07) is 11.2. The summed E-state index contributed by atoms with van der Waals surface area (Å²) in [4.78, 5) is 19.2. The van der Waals surface area contributed by atoms with Gasteiger partial charge in [-0.15, -0.1) is 11.3 Å². The molecular weight excluding hydrogens is 270 g/mol. The average molecular weight is 285 g/mol. The van der Waals surface area contributed by atoms with Gasteiger partial charge in [-0.1, -0.05) is 30.3 Å². The molecule has 1 unspecified atom stereocenters. The Morgan fingerprint density at radius 3 is 2.70 bits per heavy atom. The van der Waals surface area contributed by atoms with E-state index in [-0.39, 0.29) is 5.91 Å². The summed E-state index contributed by atoms with van der Waals surface area (Å²) in [5, 5.41) is 9.27. The highest BCUT2D eigenvalue weighted by molar-refractivity contribution is 7.09. The van der Waals surface area contributed by atoms with Crippen LogP contribution in [0.15, 0.2) is 35.8 Å². The number of nitrogens with zero attached hydrogens (tertiary/aromatic N) is 3. The molecule has 5 heteroatoms. The van der Waals surface area contributed by atoms with Gasteiger partial charge in [0, 0.05) is 11.9 Å². The van der Waals surface area contributed by atoms with E-state index in [0.29, 0.717) is 6.54 Å². The maximum atomic E-state index is 12.4. The number of thiazole rings is 1. The van der Waals surface area contributed by atoms with Crippen molar-refractivity contribution in [2.75, 3.05) is 7.05 Å². The lowest BCUT2D eigenvalue weighted by Crippen LogP contribution is -2.30. The smallest absolute Gasteiger partial charge is 0.244 e. The van der Waals surface area contributed by atoms with Crippen molar-refractivity contribution in [3.8, 4) is 6.07 Å². The third kappa shape index (κ3) is 3.03. The predicted molar refractivity (Wildman–Crippen MR) is 78.1 cm³/mol. The van der Waals surface area contributed by atoms with Gasteiger partial charge in [0.15, 0.2) is 0 Å². The van der Waals surface area contributed by atoms with Crippen LogP contribution >= 0.6 is 11.3 Å². The molecule has 0 radical (unpaired) electrons. The lowest BCUT2D eigenvalue weighted by Gasteiger charge is -2.19. The Morgan fingerprint density at radius 1 is 1.45 bits per heavy atom. The van der Waals surface area contributed by atoms with Crippen LogP contribution < -0.4 is 0 Å². The fraction of sp³-hybridized carbons (Fsp3) is 0.267. The quantitative estimate of drug-likeness (QED) is 0.868. The normalized spacial score (nSPS) is 11.7. The lowest BCUT2D eigenvalue weighted by molar-refractivity contribution is -0.130. The van der Waals surface area contributed by atoms with Crippen LogP contribution in [0.1, 0.15) is 22.1 Å². The monoisotopic (exact) mass is 285 g/mol. The van der Waals surface area contributed by atoms with Crippen molar-refractivity contribution in [2.45, 2.75) is 19.4 Å². The van der Waals surface area contributed by atoms with Gasteiger partial charge in [-0.3, -0.25) is 4.79 Å². The molecule has 1 aromatic heterocycles. The molecule has 1 aromatic carbocycles. The number of carbonyl (C=O) groups is 1. The minimum Gasteiger partial charge on any atom is -0.339 e. The number of nitriles is 1. The highest BCUT2D eigenvalue weighted by atomic mass is 32.1. The van der Waals surface area contributed by atoms with Gasteiger partial charge in [0.1, 0.15) is 5.92 Å². The number of aryl methyl sites for hydroxylation is 1. The standard InChI is InChI=1S/C15H15N3OS/c1-11-14(20-10-17-11)9-18(2)15(19)13(8-16)12-6-4-3-5-7-12/h3-7,10,13H,9H2,1-2H3. The van der Waals surface area contributed by atoms with Gasteiger partial charge in [-0.25, -0.2) is 4.98 Å². The molecule has 0 spiro atoms. The van der Waals surface area contributed by atoms with Gasteiger partial charge < -0.3 is 4.90 Å². The van der Waals surface area contributed by atoms with Gasteiger partial charge >= 0.3 is 0 Å². The minimum atomic E-state index is -0.755. The van der Waals surface area contributed by atoms with E-state index in [0.717, 1.165) is 16.1 Å². The van der Waals surface area contributed by atoms with Crippen molar-refractivity contribution in [1.29, 1.82) is 5.26 Å². The molecule has 0 N–H and O–H groups in total. The SMILES string of the molecule is Cc1ncsc1CN(C)C(=O)C(C#N)c1ccccc1. The Morgan fingerprint density at radius 2 is 2.15 bits per heavy atom. The second kappa shape index (κ2) is 6.31. The zero-order valence-electron chi connectivity index (χ0n) is 11.4. The van der Waals surface area contributed by atoms with E-state index in [2.05, 4.69) is 11.1 Å². The molecule has 20 heavy (non-hydrogen) atoms.